The zero-order valence-electron chi connectivity index (χ0n) is 16.5. The number of anilines is 1. The number of carbonyl (C=O) groups is 2. The van der Waals surface area contributed by atoms with Crippen molar-refractivity contribution in [2.45, 2.75) is 33.4 Å². The lowest BCUT2D eigenvalue weighted by Crippen LogP contribution is -2.45. The van der Waals surface area contributed by atoms with Crippen LogP contribution in [0.3, 0.4) is 0 Å². The lowest BCUT2D eigenvalue weighted by atomic mass is 10.1. The number of amides is 2. The minimum Gasteiger partial charge on any atom is -0.346 e. The van der Waals surface area contributed by atoms with Crippen molar-refractivity contribution in [3.05, 3.63) is 63.1 Å². The van der Waals surface area contributed by atoms with Gasteiger partial charge in [-0.05, 0) is 50.6 Å². The third kappa shape index (κ3) is 5.71. The Balaban J connectivity index is 1.89. The Hall–Kier alpha value is -2.08. The van der Waals surface area contributed by atoms with E-state index in [4.69, 9.17) is 23.2 Å². The smallest absolute Gasteiger partial charge is 0.243 e. The summed E-state index contributed by atoms with van der Waals surface area (Å²) >= 11 is 12.3. The largest absolute Gasteiger partial charge is 0.346 e. The molecule has 2 N–H and O–H groups in total. The van der Waals surface area contributed by atoms with Crippen molar-refractivity contribution in [3.63, 3.8) is 0 Å². The van der Waals surface area contributed by atoms with Crippen LogP contribution in [0.5, 0.6) is 0 Å². The van der Waals surface area contributed by atoms with Gasteiger partial charge in [-0.15, -0.1) is 0 Å². The summed E-state index contributed by atoms with van der Waals surface area (Å²) in [6, 6.07) is 10.8. The third-order valence-corrected chi connectivity index (χ3v) is 5.52. The number of hydrogen-bond acceptors (Lipinski definition) is 3. The van der Waals surface area contributed by atoms with Crippen LogP contribution >= 0.6 is 23.2 Å². The Kier molecular flexibility index (Phi) is 7.87. The molecule has 2 aromatic rings. The van der Waals surface area contributed by atoms with Gasteiger partial charge in [-0.3, -0.25) is 14.5 Å². The standard InChI is InChI=1S/C21H25Cl2N3O2/c1-13-7-5-8-14(2)20(13)25-18(27)11-24-21(28)15(3)26(4)12-16-9-6-10-17(22)19(16)23/h5-10,15H,11-12H2,1-4H3,(H,24,28)(H,25,27)/t15-/m0/s1. The van der Waals surface area contributed by atoms with Gasteiger partial charge in [0.1, 0.15) is 0 Å². The van der Waals surface area contributed by atoms with Crippen molar-refractivity contribution in [1.29, 1.82) is 0 Å². The van der Waals surface area contributed by atoms with E-state index in [9.17, 15) is 9.59 Å². The Labute approximate surface area is 176 Å². The van der Waals surface area contributed by atoms with Crippen LogP contribution in [-0.4, -0.2) is 36.3 Å². The number of rotatable bonds is 7. The second-order valence-electron chi connectivity index (χ2n) is 6.84. The number of aryl methyl sites for hydroxylation is 2. The first-order valence-corrected chi connectivity index (χ1v) is 9.73. The molecule has 0 bridgehead atoms. The second-order valence-corrected chi connectivity index (χ2v) is 7.62. The molecule has 0 aliphatic heterocycles. The fourth-order valence-electron chi connectivity index (χ4n) is 2.79. The van der Waals surface area contributed by atoms with Crippen molar-refractivity contribution in [1.82, 2.24) is 10.2 Å². The molecule has 1 atom stereocenters. The number of likely N-dealkylation sites (N-methyl/N-ethyl adjacent to an activating group) is 1. The summed E-state index contributed by atoms with van der Waals surface area (Å²) in [5.41, 5.74) is 3.57. The number of nitrogens with one attached hydrogen (secondary N) is 2. The van der Waals surface area contributed by atoms with Crippen molar-refractivity contribution in [2.24, 2.45) is 0 Å². The Morgan fingerprint density at radius 2 is 1.68 bits per heavy atom. The number of para-hydroxylation sites is 1. The van der Waals surface area contributed by atoms with E-state index < -0.39 is 6.04 Å². The lowest BCUT2D eigenvalue weighted by molar-refractivity contribution is -0.127. The molecule has 0 unspecified atom stereocenters. The SMILES string of the molecule is Cc1cccc(C)c1NC(=O)CNC(=O)[C@H](C)N(C)Cc1cccc(Cl)c1Cl. The van der Waals surface area contributed by atoms with Crippen LogP contribution in [0, 0.1) is 13.8 Å². The molecule has 7 heteroatoms. The van der Waals surface area contributed by atoms with Gasteiger partial charge in [0.05, 0.1) is 22.6 Å². The van der Waals surface area contributed by atoms with Gasteiger partial charge in [0.25, 0.3) is 0 Å². The van der Waals surface area contributed by atoms with Gasteiger partial charge in [-0.25, -0.2) is 0 Å². The van der Waals surface area contributed by atoms with Crippen molar-refractivity contribution in [3.8, 4) is 0 Å². The maximum Gasteiger partial charge on any atom is 0.243 e. The normalized spacial score (nSPS) is 12.0. The molecule has 0 fully saturated rings. The fourth-order valence-corrected chi connectivity index (χ4v) is 3.17. The minimum absolute atomic E-state index is 0.0945. The van der Waals surface area contributed by atoms with Crippen LogP contribution < -0.4 is 10.6 Å². The summed E-state index contributed by atoms with van der Waals surface area (Å²) < 4.78 is 0. The van der Waals surface area contributed by atoms with Crippen molar-refractivity contribution >= 4 is 40.7 Å². The van der Waals surface area contributed by atoms with Gasteiger partial charge in [-0.2, -0.15) is 0 Å². The first kappa shape index (κ1) is 22.2. The number of benzene rings is 2. The van der Waals surface area contributed by atoms with Gasteiger partial charge in [-0.1, -0.05) is 53.5 Å². The van der Waals surface area contributed by atoms with E-state index in [1.165, 1.54) is 0 Å². The van der Waals surface area contributed by atoms with Crippen LogP contribution in [0.15, 0.2) is 36.4 Å². The van der Waals surface area contributed by atoms with E-state index in [1.807, 2.05) is 56.1 Å². The molecule has 0 heterocycles. The Morgan fingerprint density at radius 1 is 1.07 bits per heavy atom. The molecule has 2 rings (SSSR count). The lowest BCUT2D eigenvalue weighted by Gasteiger charge is -2.24. The summed E-state index contributed by atoms with van der Waals surface area (Å²) in [6.45, 7) is 6.00. The second kappa shape index (κ2) is 9.92. The first-order chi connectivity index (χ1) is 13.2. The summed E-state index contributed by atoms with van der Waals surface area (Å²) in [4.78, 5) is 26.5. The topological polar surface area (TPSA) is 61.4 Å². The Morgan fingerprint density at radius 3 is 2.32 bits per heavy atom. The highest BCUT2D eigenvalue weighted by atomic mass is 35.5. The molecule has 0 spiro atoms. The fraction of sp³-hybridized carbons (Fsp3) is 0.333. The van der Waals surface area contributed by atoms with Gasteiger partial charge in [0.2, 0.25) is 11.8 Å². The van der Waals surface area contributed by atoms with E-state index in [1.54, 1.807) is 13.0 Å². The molecule has 0 aliphatic rings. The van der Waals surface area contributed by atoms with Crippen LogP contribution in [0.4, 0.5) is 5.69 Å². The monoisotopic (exact) mass is 421 g/mol. The van der Waals surface area contributed by atoms with E-state index in [0.29, 0.717) is 16.6 Å². The highest BCUT2D eigenvalue weighted by Gasteiger charge is 2.20. The van der Waals surface area contributed by atoms with Crippen LogP contribution in [-0.2, 0) is 16.1 Å². The molecule has 0 aliphatic carbocycles. The predicted molar refractivity (Wildman–Crippen MR) is 115 cm³/mol. The number of hydrogen-bond donors (Lipinski definition) is 2. The van der Waals surface area contributed by atoms with E-state index >= 15 is 0 Å². The Bertz CT molecular complexity index is 850. The number of carbonyl (C=O) groups excluding carboxylic acids is 2. The number of nitrogens with zero attached hydrogens (tertiary/aromatic N) is 1. The molecule has 150 valence electrons. The van der Waals surface area contributed by atoms with Gasteiger partial charge >= 0.3 is 0 Å². The van der Waals surface area contributed by atoms with Gasteiger partial charge < -0.3 is 10.6 Å². The summed E-state index contributed by atoms with van der Waals surface area (Å²) in [5, 5.41) is 6.50. The van der Waals surface area contributed by atoms with Crippen LogP contribution in [0.25, 0.3) is 0 Å². The summed E-state index contributed by atoms with van der Waals surface area (Å²) in [5.74, 6) is -0.504. The maximum absolute atomic E-state index is 12.4. The van der Waals surface area contributed by atoms with Crippen LogP contribution in [0.2, 0.25) is 10.0 Å². The predicted octanol–water partition coefficient (Wildman–Crippen LogP) is 4.19. The molecule has 0 aromatic heterocycles. The maximum atomic E-state index is 12.4. The molecule has 0 radical (unpaired) electrons. The first-order valence-electron chi connectivity index (χ1n) is 8.97. The summed E-state index contributed by atoms with van der Waals surface area (Å²) in [6.07, 6.45) is 0. The summed E-state index contributed by atoms with van der Waals surface area (Å²) in [7, 11) is 1.82. The molecule has 2 amide bonds. The van der Waals surface area contributed by atoms with Crippen LogP contribution in [0.1, 0.15) is 23.6 Å². The zero-order chi connectivity index (χ0) is 20.8. The molecule has 0 saturated carbocycles. The quantitative estimate of drug-likeness (QED) is 0.704. The van der Waals surface area contributed by atoms with E-state index in [2.05, 4.69) is 10.6 Å². The van der Waals surface area contributed by atoms with Crippen molar-refractivity contribution < 1.29 is 9.59 Å². The third-order valence-electron chi connectivity index (χ3n) is 4.66. The number of halogens is 2. The molecular formula is C21H25Cl2N3O2. The van der Waals surface area contributed by atoms with E-state index in [-0.39, 0.29) is 18.4 Å². The average molecular weight is 422 g/mol. The highest BCUT2D eigenvalue weighted by Crippen LogP contribution is 2.26. The molecule has 5 nitrogen and oxygen atoms in total. The van der Waals surface area contributed by atoms with Gasteiger partial charge in [0, 0.05) is 12.2 Å². The molecule has 28 heavy (non-hydrogen) atoms. The zero-order valence-corrected chi connectivity index (χ0v) is 18.0. The molecule has 2 aromatic carbocycles. The minimum atomic E-state index is -0.442. The average Bonchev–Trinajstić information content (AvgIpc) is 2.65. The highest BCUT2D eigenvalue weighted by molar-refractivity contribution is 6.42. The van der Waals surface area contributed by atoms with Gasteiger partial charge in [0.15, 0.2) is 0 Å². The van der Waals surface area contributed by atoms with E-state index in [0.717, 1.165) is 22.4 Å². The molecular weight excluding hydrogens is 397 g/mol. The molecule has 0 saturated heterocycles. The van der Waals surface area contributed by atoms with Crippen molar-refractivity contribution in [2.75, 3.05) is 18.9 Å².